The van der Waals surface area contributed by atoms with Gasteiger partial charge in [0, 0.05) is 6.42 Å². The third-order valence-electron chi connectivity index (χ3n) is 5.31. The second-order valence-corrected chi connectivity index (χ2v) is 8.21. The largest absolute Gasteiger partial charge is 0.386 e. The lowest BCUT2D eigenvalue weighted by Crippen LogP contribution is -2.23. The summed E-state index contributed by atoms with van der Waals surface area (Å²) in [5.74, 6) is 1.11. The summed E-state index contributed by atoms with van der Waals surface area (Å²) in [6.07, 6.45) is 9.77. The van der Waals surface area contributed by atoms with E-state index in [9.17, 15) is 9.90 Å². The summed E-state index contributed by atoms with van der Waals surface area (Å²) >= 11 is 0. The summed E-state index contributed by atoms with van der Waals surface area (Å²) in [7, 11) is 0. The van der Waals surface area contributed by atoms with Crippen LogP contribution in [0, 0.1) is 11.8 Å². The number of rotatable bonds is 1. The van der Waals surface area contributed by atoms with Crippen molar-refractivity contribution in [3.05, 3.63) is 23.8 Å². The van der Waals surface area contributed by atoms with Gasteiger partial charge in [-0.05, 0) is 58.3 Å². The van der Waals surface area contributed by atoms with E-state index in [4.69, 9.17) is 4.74 Å². The SMILES string of the molecule is CC1=CCCC(C)(O)C=CC(C(C)C)CCC2(C)OC2C(=O)C1. The zero-order valence-corrected chi connectivity index (χ0v) is 15.3. The average Bonchev–Trinajstić information content (AvgIpc) is 3.09. The van der Waals surface area contributed by atoms with E-state index in [1.165, 1.54) is 0 Å². The molecule has 3 heteroatoms. The zero-order chi connectivity index (χ0) is 17.3. The van der Waals surface area contributed by atoms with Crippen molar-refractivity contribution in [1.29, 1.82) is 0 Å². The predicted octanol–water partition coefficient (Wildman–Crippen LogP) is 4.20. The van der Waals surface area contributed by atoms with Crippen molar-refractivity contribution >= 4 is 5.78 Å². The topological polar surface area (TPSA) is 49.8 Å². The van der Waals surface area contributed by atoms with E-state index >= 15 is 0 Å². The van der Waals surface area contributed by atoms with Crippen LogP contribution in [-0.2, 0) is 9.53 Å². The molecule has 0 radical (unpaired) electrons. The molecule has 1 N–H and O–H groups in total. The standard InChI is InChI=1S/C20H32O3/c1-14(2)16-8-11-19(4,22)10-6-7-15(3)13-17(21)18-20(5,23-18)12-9-16/h7-8,11,14,16,18,22H,6,9-10,12-13H2,1-5H3. The molecule has 2 aliphatic rings. The zero-order valence-electron chi connectivity index (χ0n) is 15.3. The van der Waals surface area contributed by atoms with Crippen molar-refractivity contribution in [3.8, 4) is 0 Å². The van der Waals surface area contributed by atoms with Crippen LogP contribution in [0.15, 0.2) is 23.8 Å². The van der Waals surface area contributed by atoms with Gasteiger partial charge in [0.25, 0.3) is 0 Å². The first-order valence-electron chi connectivity index (χ1n) is 8.91. The monoisotopic (exact) mass is 320 g/mol. The quantitative estimate of drug-likeness (QED) is 0.582. The van der Waals surface area contributed by atoms with E-state index in [1.807, 2.05) is 19.9 Å². The lowest BCUT2D eigenvalue weighted by atomic mass is 9.84. The van der Waals surface area contributed by atoms with Crippen LogP contribution in [0.1, 0.15) is 66.7 Å². The van der Waals surface area contributed by atoms with Crippen molar-refractivity contribution in [2.24, 2.45) is 11.8 Å². The average molecular weight is 320 g/mol. The highest BCUT2D eigenvalue weighted by molar-refractivity contribution is 5.88. The molecule has 1 heterocycles. The molecule has 0 amide bonds. The van der Waals surface area contributed by atoms with Gasteiger partial charge >= 0.3 is 0 Å². The maximum absolute atomic E-state index is 12.4. The van der Waals surface area contributed by atoms with Gasteiger partial charge in [0.05, 0.1) is 11.2 Å². The first kappa shape index (κ1) is 18.4. The molecule has 0 bridgehead atoms. The van der Waals surface area contributed by atoms with Crippen LogP contribution in [0.4, 0.5) is 0 Å². The van der Waals surface area contributed by atoms with Gasteiger partial charge in [-0.25, -0.2) is 0 Å². The number of hydrogen-bond acceptors (Lipinski definition) is 3. The van der Waals surface area contributed by atoms with Gasteiger partial charge in [0.15, 0.2) is 5.78 Å². The number of carbonyl (C=O) groups is 1. The van der Waals surface area contributed by atoms with E-state index in [0.29, 0.717) is 24.7 Å². The minimum atomic E-state index is -0.791. The van der Waals surface area contributed by atoms with Crippen LogP contribution in [0.25, 0.3) is 0 Å². The van der Waals surface area contributed by atoms with Gasteiger partial charge < -0.3 is 9.84 Å². The van der Waals surface area contributed by atoms with E-state index in [2.05, 4.69) is 32.9 Å². The highest BCUT2D eigenvalue weighted by Crippen LogP contribution is 2.43. The van der Waals surface area contributed by atoms with Crippen LogP contribution in [0.5, 0.6) is 0 Å². The number of ether oxygens (including phenoxy) is 1. The second-order valence-electron chi connectivity index (χ2n) is 8.21. The Hall–Kier alpha value is -0.930. The number of fused-ring (bicyclic) bond motifs is 1. The van der Waals surface area contributed by atoms with Crippen LogP contribution < -0.4 is 0 Å². The van der Waals surface area contributed by atoms with E-state index in [0.717, 1.165) is 24.8 Å². The number of Topliss-reactive ketones (excluding diaryl/α,β-unsaturated/α-hetero) is 1. The Morgan fingerprint density at radius 1 is 1.30 bits per heavy atom. The Bertz CT molecular complexity index is 501. The molecular weight excluding hydrogens is 288 g/mol. The number of allylic oxidation sites excluding steroid dienone is 3. The first-order valence-corrected chi connectivity index (χ1v) is 8.91. The number of carbonyl (C=O) groups excluding carboxylic acids is 1. The summed E-state index contributed by atoms with van der Waals surface area (Å²) < 4.78 is 5.76. The third kappa shape index (κ3) is 5.02. The van der Waals surface area contributed by atoms with Gasteiger partial charge in [-0.15, -0.1) is 0 Å². The van der Waals surface area contributed by atoms with Gasteiger partial charge in [0.2, 0.25) is 0 Å². The Labute approximate surface area is 140 Å². The second kappa shape index (κ2) is 6.90. The van der Waals surface area contributed by atoms with Gasteiger partial charge in [-0.3, -0.25) is 4.79 Å². The third-order valence-corrected chi connectivity index (χ3v) is 5.31. The number of ketones is 1. The molecule has 1 fully saturated rings. The molecular formula is C20H32O3. The maximum Gasteiger partial charge on any atom is 0.168 e. The van der Waals surface area contributed by atoms with Crippen molar-refractivity contribution in [3.63, 3.8) is 0 Å². The predicted molar refractivity (Wildman–Crippen MR) is 93.2 cm³/mol. The summed E-state index contributed by atoms with van der Waals surface area (Å²) in [5.41, 5.74) is -0.00400. The number of aliphatic hydroxyl groups is 1. The van der Waals surface area contributed by atoms with Crippen molar-refractivity contribution < 1.29 is 14.6 Å². The van der Waals surface area contributed by atoms with Crippen molar-refractivity contribution in [2.75, 3.05) is 0 Å². The molecule has 1 aliphatic carbocycles. The lowest BCUT2D eigenvalue weighted by Gasteiger charge is -2.23. The lowest BCUT2D eigenvalue weighted by molar-refractivity contribution is -0.119. The number of hydrogen-bond donors (Lipinski definition) is 1. The summed E-state index contributed by atoms with van der Waals surface area (Å²) in [4.78, 5) is 12.4. The molecule has 4 atom stereocenters. The van der Waals surface area contributed by atoms with E-state index in [-0.39, 0.29) is 17.5 Å². The normalized spacial score (nSPS) is 39.6. The fraction of sp³-hybridized carbons (Fsp3) is 0.750. The summed E-state index contributed by atoms with van der Waals surface area (Å²) in [5, 5.41) is 10.5. The van der Waals surface area contributed by atoms with Crippen LogP contribution in [0.2, 0.25) is 0 Å². The molecule has 1 aliphatic heterocycles. The van der Waals surface area contributed by atoms with Gasteiger partial charge in [-0.2, -0.15) is 0 Å². The molecule has 4 unspecified atom stereocenters. The smallest absolute Gasteiger partial charge is 0.168 e. The Kier molecular flexibility index (Phi) is 5.52. The molecule has 130 valence electrons. The van der Waals surface area contributed by atoms with Crippen LogP contribution >= 0.6 is 0 Å². The molecule has 0 spiro atoms. The molecule has 23 heavy (non-hydrogen) atoms. The summed E-state index contributed by atoms with van der Waals surface area (Å²) in [6, 6.07) is 0. The molecule has 0 saturated carbocycles. The van der Waals surface area contributed by atoms with Crippen molar-refractivity contribution in [1.82, 2.24) is 0 Å². The first-order chi connectivity index (χ1) is 10.6. The van der Waals surface area contributed by atoms with E-state index in [1.54, 1.807) is 0 Å². The van der Waals surface area contributed by atoms with E-state index < -0.39 is 5.60 Å². The minimum absolute atomic E-state index is 0.196. The van der Waals surface area contributed by atoms with Crippen LogP contribution in [0.3, 0.4) is 0 Å². The molecule has 1 saturated heterocycles. The number of epoxide rings is 1. The highest BCUT2D eigenvalue weighted by Gasteiger charge is 2.55. The molecule has 3 nitrogen and oxygen atoms in total. The Morgan fingerprint density at radius 2 is 2.00 bits per heavy atom. The molecule has 2 rings (SSSR count). The Balaban J connectivity index is 2.18. The fourth-order valence-corrected chi connectivity index (χ4v) is 3.40. The van der Waals surface area contributed by atoms with Gasteiger partial charge in [0.1, 0.15) is 6.10 Å². The minimum Gasteiger partial charge on any atom is -0.386 e. The molecule has 0 aromatic rings. The molecule has 0 aromatic heterocycles. The van der Waals surface area contributed by atoms with Crippen molar-refractivity contribution in [2.45, 2.75) is 84.0 Å². The maximum atomic E-state index is 12.4. The highest BCUT2D eigenvalue weighted by atomic mass is 16.6. The summed E-state index contributed by atoms with van der Waals surface area (Å²) in [6.45, 7) is 10.3. The molecule has 0 aromatic carbocycles. The Morgan fingerprint density at radius 3 is 2.65 bits per heavy atom. The van der Waals surface area contributed by atoms with Gasteiger partial charge in [-0.1, -0.05) is 37.6 Å². The van der Waals surface area contributed by atoms with Crippen LogP contribution in [-0.4, -0.2) is 28.2 Å². The fourth-order valence-electron chi connectivity index (χ4n) is 3.40.